The highest BCUT2D eigenvalue weighted by molar-refractivity contribution is 6.33. The van der Waals surface area contributed by atoms with Gasteiger partial charge in [-0.15, -0.1) is 0 Å². The molecule has 0 radical (unpaired) electrons. The summed E-state index contributed by atoms with van der Waals surface area (Å²) in [6.07, 6.45) is 5.26. The molecule has 3 heterocycles. The van der Waals surface area contributed by atoms with Crippen LogP contribution < -0.4 is 21.1 Å². The minimum absolute atomic E-state index is 0.0581. The number of anilines is 4. The number of nitrogens with one attached hydrogen (secondary N) is 2. The molecule has 1 aliphatic carbocycles. The van der Waals surface area contributed by atoms with E-state index in [1.165, 1.54) is 12.8 Å². The zero-order valence-corrected chi connectivity index (χ0v) is 17.9. The van der Waals surface area contributed by atoms with E-state index in [-0.39, 0.29) is 5.56 Å². The van der Waals surface area contributed by atoms with Gasteiger partial charge in [0.05, 0.1) is 17.4 Å². The zero-order chi connectivity index (χ0) is 20.8. The average Bonchev–Trinajstić information content (AvgIpc) is 3.52. The van der Waals surface area contributed by atoms with Crippen molar-refractivity contribution in [2.45, 2.75) is 32.2 Å². The van der Waals surface area contributed by atoms with Gasteiger partial charge in [-0.05, 0) is 38.2 Å². The first-order valence-electron chi connectivity index (χ1n) is 10.4. The van der Waals surface area contributed by atoms with E-state index in [0.717, 1.165) is 41.8 Å². The summed E-state index contributed by atoms with van der Waals surface area (Å²) in [5, 5.41) is 8.33. The minimum atomic E-state index is -0.0581. The molecule has 0 amide bonds. The maximum atomic E-state index is 12.7. The molecule has 1 atom stereocenters. The van der Waals surface area contributed by atoms with Crippen LogP contribution in [-0.4, -0.2) is 33.7 Å². The lowest BCUT2D eigenvalue weighted by Gasteiger charge is -2.31. The van der Waals surface area contributed by atoms with Crippen LogP contribution in [0.25, 0.3) is 10.9 Å². The molecule has 8 heteroatoms. The SMILES string of the molecule is C[C@@H](Nc1cc(=O)n(C)c2c(Nc3nc(N4CCC4)ncc3Cl)cccc12)C1CC1. The largest absolute Gasteiger partial charge is 0.382 e. The lowest BCUT2D eigenvalue weighted by atomic mass is 10.1. The van der Waals surface area contributed by atoms with Crippen LogP contribution in [0, 0.1) is 5.92 Å². The van der Waals surface area contributed by atoms with Gasteiger partial charge in [-0.3, -0.25) is 4.79 Å². The Morgan fingerprint density at radius 3 is 2.73 bits per heavy atom. The number of benzene rings is 1. The molecule has 5 rings (SSSR count). The van der Waals surface area contributed by atoms with Gasteiger partial charge >= 0.3 is 0 Å². The van der Waals surface area contributed by atoms with E-state index in [1.807, 2.05) is 18.2 Å². The lowest BCUT2D eigenvalue weighted by Crippen LogP contribution is -2.38. The van der Waals surface area contributed by atoms with Crippen LogP contribution in [-0.2, 0) is 7.05 Å². The molecule has 1 saturated carbocycles. The minimum Gasteiger partial charge on any atom is -0.382 e. The molecule has 1 aromatic carbocycles. The summed E-state index contributed by atoms with van der Waals surface area (Å²) < 4.78 is 1.66. The van der Waals surface area contributed by atoms with Gasteiger partial charge in [-0.25, -0.2) is 4.98 Å². The highest BCUT2D eigenvalue weighted by Crippen LogP contribution is 2.36. The molecule has 0 spiro atoms. The number of nitrogens with zero attached hydrogens (tertiary/aromatic N) is 4. The van der Waals surface area contributed by atoms with Crippen LogP contribution in [0.15, 0.2) is 35.3 Å². The number of halogens is 1. The topological polar surface area (TPSA) is 75.1 Å². The van der Waals surface area contributed by atoms with Crippen LogP contribution in [0.1, 0.15) is 26.2 Å². The van der Waals surface area contributed by atoms with Gasteiger partial charge in [0, 0.05) is 43.3 Å². The van der Waals surface area contributed by atoms with Crippen LogP contribution in [0.5, 0.6) is 0 Å². The Morgan fingerprint density at radius 1 is 1.23 bits per heavy atom. The third kappa shape index (κ3) is 3.47. The fourth-order valence-corrected chi connectivity index (χ4v) is 4.09. The first-order valence-corrected chi connectivity index (χ1v) is 10.8. The fraction of sp³-hybridized carbons (Fsp3) is 0.409. The summed E-state index contributed by atoms with van der Waals surface area (Å²) in [5.74, 6) is 1.89. The molecular weight excluding hydrogens is 400 g/mol. The normalized spacial score (nSPS) is 17.0. The molecule has 7 nitrogen and oxygen atoms in total. The molecule has 0 bridgehead atoms. The van der Waals surface area contributed by atoms with Crippen molar-refractivity contribution in [3.8, 4) is 0 Å². The number of hydrogen-bond acceptors (Lipinski definition) is 6. The summed E-state index contributed by atoms with van der Waals surface area (Å²) in [6.45, 7) is 4.09. The average molecular weight is 425 g/mol. The summed E-state index contributed by atoms with van der Waals surface area (Å²) in [5.41, 5.74) is 2.41. The van der Waals surface area contributed by atoms with E-state index in [2.05, 4.69) is 32.4 Å². The number of aryl methyl sites for hydroxylation is 1. The summed E-state index contributed by atoms with van der Waals surface area (Å²) in [4.78, 5) is 23.8. The lowest BCUT2D eigenvalue weighted by molar-refractivity contribution is 0.601. The van der Waals surface area contributed by atoms with Gasteiger partial charge in [0.2, 0.25) is 5.95 Å². The summed E-state index contributed by atoms with van der Waals surface area (Å²) in [7, 11) is 1.79. The second kappa shape index (κ2) is 7.47. The highest BCUT2D eigenvalue weighted by Gasteiger charge is 2.28. The quantitative estimate of drug-likeness (QED) is 0.619. The van der Waals surface area contributed by atoms with E-state index < -0.39 is 0 Å². The van der Waals surface area contributed by atoms with Gasteiger partial charge in [-0.2, -0.15) is 4.98 Å². The van der Waals surface area contributed by atoms with Crippen molar-refractivity contribution in [1.82, 2.24) is 14.5 Å². The first-order chi connectivity index (χ1) is 14.5. The van der Waals surface area contributed by atoms with Crippen LogP contribution in [0.3, 0.4) is 0 Å². The molecule has 1 aliphatic heterocycles. The van der Waals surface area contributed by atoms with Crippen molar-refractivity contribution in [2.24, 2.45) is 13.0 Å². The zero-order valence-electron chi connectivity index (χ0n) is 17.2. The second-order valence-electron chi connectivity index (χ2n) is 8.26. The molecule has 156 valence electrons. The molecule has 2 aromatic heterocycles. The Labute approximate surface area is 180 Å². The number of para-hydroxylation sites is 1. The van der Waals surface area contributed by atoms with Crippen LogP contribution in [0.4, 0.5) is 23.1 Å². The van der Waals surface area contributed by atoms with Crippen molar-refractivity contribution < 1.29 is 0 Å². The monoisotopic (exact) mass is 424 g/mol. The Kier molecular flexibility index (Phi) is 4.77. The maximum absolute atomic E-state index is 12.7. The molecule has 2 fully saturated rings. The molecule has 2 aliphatic rings. The van der Waals surface area contributed by atoms with Gasteiger partial charge in [0.1, 0.15) is 5.02 Å². The number of fused-ring (bicyclic) bond motifs is 1. The Bertz CT molecular complexity index is 1170. The summed E-state index contributed by atoms with van der Waals surface area (Å²) >= 11 is 6.39. The van der Waals surface area contributed by atoms with E-state index in [9.17, 15) is 4.79 Å². The predicted molar refractivity (Wildman–Crippen MR) is 122 cm³/mol. The third-order valence-electron chi connectivity index (χ3n) is 6.10. The van der Waals surface area contributed by atoms with Gasteiger partial charge in [0.25, 0.3) is 5.56 Å². The Balaban J connectivity index is 1.56. The smallest absolute Gasteiger partial charge is 0.252 e. The van der Waals surface area contributed by atoms with Crippen molar-refractivity contribution in [2.75, 3.05) is 28.6 Å². The standard InChI is InChI=1S/C22H25ClN6O/c1-13(14-7-8-14)25-18-11-19(30)28(2)20-15(18)5-3-6-17(20)26-21-16(23)12-24-22(27-21)29-9-4-10-29/h3,5-6,11-14,25H,4,7-10H2,1-2H3,(H,24,26,27)/t13-/m1/s1. The molecule has 2 N–H and O–H groups in total. The van der Waals surface area contributed by atoms with Crippen LogP contribution in [0.2, 0.25) is 5.02 Å². The second-order valence-corrected chi connectivity index (χ2v) is 8.67. The van der Waals surface area contributed by atoms with Crippen molar-refractivity contribution >= 4 is 45.6 Å². The Hall–Kier alpha value is -2.80. The molecular formula is C22H25ClN6O. The fourth-order valence-electron chi connectivity index (χ4n) is 3.95. The van der Waals surface area contributed by atoms with E-state index in [1.54, 1.807) is 23.9 Å². The van der Waals surface area contributed by atoms with Gasteiger partial charge < -0.3 is 20.1 Å². The number of pyridine rings is 1. The molecule has 1 saturated heterocycles. The first kappa shape index (κ1) is 19.2. The van der Waals surface area contributed by atoms with Crippen molar-refractivity contribution in [1.29, 1.82) is 0 Å². The van der Waals surface area contributed by atoms with E-state index in [0.29, 0.717) is 28.7 Å². The van der Waals surface area contributed by atoms with Crippen molar-refractivity contribution in [3.63, 3.8) is 0 Å². The molecule has 3 aromatic rings. The van der Waals surface area contributed by atoms with E-state index >= 15 is 0 Å². The molecule has 30 heavy (non-hydrogen) atoms. The Morgan fingerprint density at radius 2 is 2.03 bits per heavy atom. The molecule has 0 unspecified atom stereocenters. The van der Waals surface area contributed by atoms with E-state index in [4.69, 9.17) is 11.6 Å². The number of rotatable bonds is 6. The number of aromatic nitrogens is 3. The maximum Gasteiger partial charge on any atom is 0.252 e. The predicted octanol–water partition coefficient (Wildman–Crippen LogP) is 4.15. The third-order valence-corrected chi connectivity index (χ3v) is 6.37. The van der Waals surface area contributed by atoms with Gasteiger partial charge in [-0.1, -0.05) is 23.7 Å². The highest BCUT2D eigenvalue weighted by atomic mass is 35.5. The number of hydrogen-bond donors (Lipinski definition) is 2. The summed E-state index contributed by atoms with van der Waals surface area (Å²) in [6, 6.07) is 7.98. The van der Waals surface area contributed by atoms with Crippen molar-refractivity contribution in [3.05, 3.63) is 45.8 Å². The van der Waals surface area contributed by atoms with Crippen LogP contribution >= 0.6 is 11.6 Å². The van der Waals surface area contributed by atoms with Gasteiger partial charge in [0.15, 0.2) is 5.82 Å².